The molecule has 0 bridgehead atoms. The second kappa shape index (κ2) is 9.65. The zero-order valence-electron chi connectivity index (χ0n) is 18.9. The van der Waals surface area contributed by atoms with E-state index in [0.29, 0.717) is 23.6 Å². The number of carbonyl (C=O) groups excluding carboxylic acids is 2. The lowest BCUT2D eigenvalue weighted by Gasteiger charge is -2.23. The summed E-state index contributed by atoms with van der Waals surface area (Å²) in [5.41, 5.74) is 2.55. The fourth-order valence-corrected chi connectivity index (χ4v) is 3.11. The van der Waals surface area contributed by atoms with Crippen LogP contribution < -0.4 is 14.8 Å². The summed E-state index contributed by atoms with van der Waals surface area (Å²) in [5, 5.41) is 2.79. The van der Waals surface area contributed by atoms with Crippen molar-refractivity contribution in [3.63, 3.8) is 0 Å². The Morgan fingerprint density at radius 3 is 2.20 bits per heavy atom. The lowest BCUT2D eigenvalue weighted by Crippen LogP contribution is -2.45. The number of hydrogen-bond acceptors (Lipinski definition) is 4. The SMILES string of the molecule is COc1ccc(CN(C)C(=O)C(C)NC(=O)c2ccc(C(C)(C)C)cc2)c(OC)c1. The fraction of sp³-hybridized carbons (Fsp3) is 0.417. The molecule has 0 radical (unpaired) electrons. The smallest absolute Gasteiger partial charge is 0.251 e. The number of amides is 2. The van der Waals surface area contributed by atoms with Crippen molar-refractivity contribution < 1.29 is 19.1 Å². The highest BCUT2D eigenvalue weighted by atomic mass is 16.5. The van der Waals surface area contributed by atoms with Gasteiger partial charge in [0.1, 0.15) is 17.5 Å². The summed E-state index contributed by atoms with van der Waals surface area (Å²) < 4.78 is 10.6. The third-order valence-electron chi connectivity index (χ3n) is 5.01. The average Bonchev–Trinajstić information content (AvgIpc) is 2.72. The summed E-state index contributed by atoms with van der Waals surface area (Å²) >= 11 is 0. The molecule has 0 aromatic heterocycles. The molecule has 2 aromatic rings. The summed E-state index contributed by atoms with van der Waals surface area (Å²) in [6.07, 6.45) is 0. The molecule has 1 unspecified atom stereocenters. The molecule has 30 heavy (non-hydrogen) atoms. The molecule has 162 valence electrons. The van der Waals surface area contributed by atoms with Gasteiger partial charge in [0, 0.05) is 30.8 Å². The molecule has 0 heterocycles. The molecule has 1 N–H and O–H groups in total. The van der Waals surface area contributed by atoms with Crippen molar-refractivity contribution in [2.24, 2.45) is 0 Å². The van der Waals surface area contributed by atoms with Crippen molar-refractivity contribution in [3.05, 3.63) is 59.2 Å². The molecule has 0 fully saturated rings. The predicted octanol–water partition coefficient (Wildman–Crippen LogP) is 3.78. The minimum absolute atomic E-state index is 0.0174. The van der Waals surface area contributed by atoms with E-state index in [0.717, 1.165) is 11.1 Å². The highest BCUT2D eigenvalue weighted by molar-refractivity contribution is 5.97. The topological polar surface area (TPSA) is 67.9 Å². The van der Waals surface area contributed by atoms with E-state index >= 15 is 0 Å². The maximum absolute atomic E-state index is 12.8. The molecule has 0 saturated carbocycles. The lowest BCUT2D eigenvalue weighted by molar-refractivity contribution is -0.132. The summed E-state index contributed by atoms with van der Waals surface area (Å²) in [7, 11) is 4.87. The van der Waals surface area contributed by atoms with Gasteiger partial charge in [0.2, 0.25) is 5.91 Å². The highest BCUT2D eigenvalue weighted by Crippen LogP contribution is 2.26. The van der Waals surface area contributed by atoms with E-state index in [-0.39, 0.29) is 17.2 Å². The van der Waals surface area contributed by atoms with Gasteiger partial charge in [-0.1, -0.05) is 32.9 Å². The Kier molecular flexibility index (Phi) is 7.48. The van der Waals surface area contributed by atoms with Gasteiger partial charge in [0.15, 0.2) is 0 Å². The zero-order chi connectivity index (χ0) is 22.5. The van der Waals surface area contributed by atoms with Gasteiger partial charge in [-0.25, -0.2) is 0 Å². The van der Waals surface area contributed by atoms with Gasteiger partial charge in [0.25, 0.3) is 5.91 Å². The van der Waals surface area contributed by atoms with Gasteiger partial charge >= 0.3 is 0 Å². The van der Waals surface area contributed by atoms with Gasteiger partial charge in [-0.3, -0.25) is 9.59 Å². The van der Waals surface area contributed by atoms with E-state index < -0.39 is 6.04 Å². The monoisotopic (exact) mass is 412 g/mol. The van der Waals surface area contributed by atoms with E-state index in [2.05, 4.69) is 26.1 Å². The molecule has 0 saturated heterocycles. The second-order valence-electron chi connectivity index (χ2n) is 8.39. The van der Waals surface area contributed by atoms with Crippen LogP contribution in [0.1, 0.15) is 49.2 Å². The minimum Gasteiger partial charge on any atom is -0.497 e. The second-order valence-corrected chi connectivity index (χ2v) is 8.39. The van der Waals surface area contributed by atoms with E-state index in [1.54, 1.807) is 51.3 Å². The number of carbonyl (C=O) groups is 2. The van der Waals surface area contributed by atoms with E-state index in [9.17, 15) is 9.59 Å². The molecule has 6 heteroatoms. The Labute approximate surface area is 179 Å². The Balaban J connectivity index is 2.02. The van der Waals surface area contributed by atoms with Crippen LogP contribution in [0.25, 0.3) is 0 Å². The summed E-state index contributed by atoms with van der Waals surface area (Å²) in [6, 6.07) is 12.3. The third kappa shape index (κ3) is 5.75. The number of likely N-dealkylation sites (N-methyl/N-ethyl adjacent to an activating group) is 1. The largest absolute Gasteiger partial charge is 0.497 e. The van der Waals surface area contributed by atoms with Gasteiger partial charge in [-0.2, -0.15) is 0 Å². The fourth-order valence-electron chi connectivity index (χ4n) is 3.11. The van der Waals surface area contributed by atoms with Crippen LogP contribution in [0.3, 0.4) is 0 Å². The van der Waals surface area contributed by atoms with Crippen molar-refractivity contribution in [2.75, 3.05) is 21.3 Å². The van der Waals surface area contributed by atoms with Crippen LogP contribution in [-0.2, 0) is 16.8 Å². The molecule has 0 aliphatic rings. The summed E-state index contributed by atoms with van der Waals surface area (Å²) in [5.74, 6) is 0.867. The van der Waals surface area contributed by atoms with Crippen LogP contribution in [-0.4, -0.2) is 44.0 Å². The first-order valence-corrected chi connectivity index (χ1v) is 9.94. The number of nitrogens with zero attached hydrogens (tertiary/aromatic N) is 1. The number of rotatable bonds is 7. The van der Waals surface area contributed by atoms with Gasteiger partial charge < -0.3 is 19.7 Å². The first-order valence-electron chi connectivity index (χ1n) is 9.94. The molecule has 0 spiro atoms. The van der Waals surface area contributed by atoms with Crippen molar-refractivity contribution in [1.29, 1.82) is 0 Å². The number of nitrogens with one attached hydrogen (secondary N) is 1. The Morgan fingerprint density at radius 2 is 1.67 bits per heavy atom. The third-order valence-corrected chi connectivity index (χ3v) is 5.01. The minimum atomic E-state index is -0.658. The number of methoxy groups -OCH3 is 2. The Hall–Kier alpha value is -3.02. The van der Waals surface area contributed by atoms with Gasteiger partial charge in [-0.15, -0.1) is 0 Å². The Bertz CT molecular complexity index is 885. The van der Waals surface area contributed by atoms with Crippen LogP contribution in [0.15, 0.2) is 42.5 Å². The van der Waals surface area contributed by atoms with Gasteiger partial charge in [0.05, 0.1) is 14.2 Å². The molecule has 1 atom stereocenters. The van der Waals surface area contributed by atoms with E-state index in [1.807, 2.05) is 24.3 Å². The maximum Gasteiger partial charge on any atom is 0.251 e. The summed E-state index contributed by atoms with van der Waals surface area (Å²) in [6.45, 7) is 8.40. The zero-order valence-corrected chi connectivity index (χ0v) is 18.9. The maximum atomic E-state index is 12.8. The van der Waals surface area contributed by atoms with E-state index in [1.165, 1.54) is 0 Å². The molecule has 0 aliphatic heterocycles. The Morgan fingerprint density at radius 1 is 1.03 bits per heavy atom. The lowest BCUT2D eigenvalue weighted by atomic mass is 9.86. The molecule has 6 nitrogen and oxygen atoms in total. The van der Waals surface area contributed by atoms with Crippen LogP contribution in [0.2, 0.25) is 0 Å². The first kappa shape index (κ1) is 23.3. The number of benzene rings is 2. The van der Waals surface area contributed by atoms with Crippen LogP contribution >= 0.6 is 0 Å². The number of ether oxygens (including phenoxy) is 2. The summed E-state index contributed by atoms with van der Waals surface area (Å²) in [4.78, 5) is 26.9. The number of hydrogen-bond donors (Lipinski definition) is 1. The van der Waals surface area contributed by atoms with Crippen LogP contribution in [0, 0.1) is 0 Å². The molecule has 2 aromatic carbocycles. The standard InChI is InChI=1S/C24H32N2O4/c1-16(25-22(27)17-8-11-19(12-9-17)24(2,3)4)23(28)26(5)15-18-10-13-20(29-6)14-21(18)30-7/h8-14,16H,15H2,1-7H3,(H,25,27). The molecule has 2 rings (SSSR count). The average molecular weight is 413 g/mol. The quantitative estimate of drug-likeness (QED) is 0.752. The van der Waals surface area contributed by atoms with Crippen molar-refractivity contribution in [1.82, 2.24) is 10.2 Å². The normalized spacial score (nSPS) is 12.1. The van der Waals surface area contributed by atoms with Crippen molar-refractivity contribution in [2.45, 2.75) is 45.7 Å². The van der Waals surface area contributed by atoms with Crippen LogP contribution in [0.5, 0.6) is 11.5 Å². The van der Waals surface area contributed by atoms with Crippen LogP contribution in [0.4, 0.5) is 0 Å². The highest BCUT2D eigenvalue weighted by Gasteiger charge is 2.22. The van der Waals surface area contributed by atoms with E-state index in [4.69, 9.17) is 9.47 Å². The first-order chi connectivity index (χ1) is 14.1. The molecule has 2 amide bonds. The molecule has 0 aliphatic carbocycles. The predicted molar refractivity (Wildman–Crippen MR) is 118 cm³/mol. The van der Waals surface area contributed by atoms with Crippen molar-refractivity contribution >= 4 is 11.8 Å². The molecular weight excluding hydrogens is 380 g/mol. The molecular formula is C24H32N2O4. The van der Waals surface area contributed by atoms with Crippen molar-refractivity contribution in [3.8, 4) is 11.5 Å². The van der Waals surface area contributed by atoms with Gasteiger partial charge in [-0.05, 0) is 42.2 Å².